The van der Waals surface area contributed by atoms with Crippen LogP contribution in [0, 0.1) is 11.6 Å². The second kappa shape index (κ2) is 4.57. The highest BCUT2D eigenvalue weighted by atomic mass is 19.1. The van der Waals surface area contributed by atoms with E-state index < -0.39 is 23.1 Å². The van der Waals surface area contributed by atoms with Crippen LogP contribution in [-0.2, 0) is 4.79 Å². The van der Waals surface area contributed by atoms with Crippen LogP contribution in [0.2, 0.25) is 0 Å². The summed E-state index contributed by atoms with van der Waals surface area (Å²) in [5.74, 6) is -1.89. The number of nitrogens with one attached hydrogen (secondary N) is 1. The van der Waals surface area contributed by atoms with Gasteiger partial charge in [-0.2, -0.15) is 0 Å². The molecule has 3 nitrogen and oxygen atoms in total. The van der Waals surface area contributed by atoms with Crippen molar-refractivity contribution in [2.75, 3.05) is 5.32 Å². The SMILES string of the molecule is CC(C)(N)CC(=O)Nc1ccc(F)cc1F. The summed E-state index contributed by atoms with van der Waals surface area (Å²) in [7, 11) is 0. The number of rotatable bonds is 3. The molecule has 5 heteroatoms. The first-order valence-electron chi connectivity index (χ1n) is 4.82. The molecule has 0 aromatic heterocycles. The van der Waals surface area contributed by atoms with Crippen molar-refractivity contribution in [2.45, 2.75) is 25.8 Å². The number of halogens is 2. The highest BCUT2D eigenvalue weighted by molar-refractivity contribution is 5.91. The first kappa shape index (κ1) is 12.6. The molecule has 0 heterocycles. The molecule has 1 aromatic carbocycles. The van der Waals surface area contributed by atoms with Crippen LogP contribution in [0.15, 0.2) is 18.2 Å². The van der Waals surface area contributed by atoms with Gasteiger partial charge in [0.15, 0.2) is 0 Å². The summed E-state index contributed by atoms with van der Waals surface area (Å²) in [4.78, 5) is 11.4. The number of benzene rings is 1. The van der Waals surface area contributed by atoms with E-state index in [1.54, 1.807) is 13.8 Å². The van der Waals surface area contributed by atoms with E-state index in [4.69, 9.17) is 5.73 Å². The fourth-order valence-electron chi connectivity index (χ4n) is 1.20. The highest BCUT2D eigenvalue weighted by Crippen LogP contribution is 2.16. The van der Waals surface area contributed by atoms with E-state index in [1.165, 1.54) is 6.07 Å². The minimum Gasteiger partial charge on any atom is -0.325 e. The molecule has 0 aliphatic heterocycles. The van der Waals surface area contributed by atoms with Gasteiger partial charge in [-0.05, 0) is 26.0 Å². The Kier molecular flexibility index (Phi) is 3.59. The maximum atomic E-state index is 13.2. The minimum absolute atomic E-state index is 0.0457. The van der Waals surface area contributed by atoms with Crippen molar-refractivity contribution < 1.29 is 13.6 Å². The second-order valence-electron chi connectivity index (χ2n) is 4.34. The number of hydrogen-bond acceptors (Lipinski definition) is 2. The van der Waals surface area contributed by atoms with Crippen molar-refractivity contribution >= 4 is 11.6 Å². The summed E-state index contributed by atoms with van der Waals surface area (Å²) >= 11 is 0. The second-order valence-corrected chi connectivity index (χ2v) is 4.34. The zero-order valence-corrected chi connectivity index (χ0v) is 9.18. The summed E-state index contributed by atoms with van der Waals surface area (Å²) in [6.45, 7) is 3.38. The summed E-state index contributed by atoms with van der Waals surface area (Å²) in [5, 5.41) is 2.33. The Bertz CT molecular complexity index is 399. The molecule has 0 spiro atoms. The van der Waals surface area contributed by atoms with Gasteiger partial charge >= 0.3 is 0 Å². The van der Waals surface area contributed by atoms with Gasteiger partial charge in [-0.15, -0.1) is 0 Å². The molecule has 0 bridgehead atoms. The minimum atomic E-state index is -0.803. The number of carbonyl (C=O) groups is 1. The first-order valence-corrected chi connectivity index (χ1v) is 4.82. The van der Waals surface area contributed by atoms with Gasteiger partial charge in [0.1, 0.15) is 11.6 Å². The molecular weight excluding hydrogens is 214 g/mol. The molecule has 0 saturated carbocycles. The lowest BCUT2D eigenvalue weighted by molar-refractivity contribution is -0.117. The average molecular weight is 228 g/mol. The van der Waals surface area contributed by atoms with Crippen LogP contribution in [-0.4, -0.2) is 11.4 Å². The van der Waals surface area contributed by atoms with E-state index in [0.717, 1.165) is 6.07 Å². The summed E-state index contributed by atoms with van der Waals surface area (Å²) in [5.41, 5.74) is 4.93. The summed E-state index contributed by atoms with van der Waals surface area (Å²) in [6.07, 6.45) is 0.0593. The Balaban J connectivity index is 2.70. The smallest absolute Gasteiger partial charge is 0.226 e. The lowest BCUT2D eigenvalue weighted by Gasteiger charge is -2.17. The molecule has 0 aliphatic carbocycles. The summed E-state index contributed by atoms with van der Waals surface area (Å²) in [6, 6.07) is 2.96. The van der Waals surface area contributed by atoms with Gasteiger partial charge in [-0.1, -0.05) is 0 Å². The van der Waals surface area contributed by atoms with Crippen LogP contribution in [0.1, 0.15) is 20.3 Å². The Hall–Kier alpha value is -1.49. The molecule has 0 atom stereocenters. The number of hydrogen-bond donors (Lipinski definition) is 2. The highest BCUT2D eigenvalue weighted by Gasteiger charge is 2.17. The van der Waals surface area contributed by atoms with Crippen LogP contribution in [0.5, 0.6) is 0 Å². The lowest BCUT2D eigenvalue weighted by atomic mass is 10.0. The van der Waals surface area contributed by atoms with Gasteiger partial charge in [0.05, 0.1) is 5.69 Å². The molecule has 0 unspecified atom stereocenters. The van der Waals surface area contributed by atoms with Gasteiger partial charge in [0.2, 0.25) is 5.91 Å². The van der Waals surface area contributed by atoms with Gasteiger partial charge in [0, 0.05) is 18.0 Å². The third kappa shape index (κ3) is 3.94. The molecule has 16 heavy (non-hydrogen) atoms. The van der Waals surface area contributed by atoms with Crippen LogP contribution in [0.3, 0.4) is 0 Å². The Morgan fingerprint density at radius 2 is 2.06 bits per heavy atom. The van der Waals surface area contributed by atoms with E-state index in [0.29, 0.717) is 6.07 Å². The Morgan fingerprint density at radius 3 is 2.56 bits per heavy atom. The monoisotopic (exact) mass is 228 g/mol. The molecule has 0 saturated heterocycles. The molecule has 1 aromatic rings. The van der Waals surface area contributed by atoms with Crippen molar-refractivity contribution in [1.82, 2.24) is 0 Å². The first-order chi connectivity index (χ1) is 7.28. The molecule has 0 fully saturated rings. The lowest BCUT2D eigenvalue weighted by Crippen LogP contribution is -2.36. The van der Waals surface area contributed by atoms with Gasteiger partial charge in [-0.25, -0.2) is 8.78 Å². The van der Waals surface area contributed by atoms with Crippen molar-refractivity contribution in [2.24, 2.45) is 5.73 Å². The number of nitrogens with two attached hydrogens (primary N) is 1. The predicted molar refractivity (Wildman–Crippen MR) is 57.9 cm³/mol. The van der Waals surface area contributed by atoms with Crippen LogP contribution in [0.4, 0.5) is 14.5 Å². The van der Waals surface area contributed by atoms with E-state index in [9.17, 15) is 13.6 Å². The van der Waals surface area contributed by atoms with E-state index in [2.05, 4.69) is 5.32 Å². The van der Waals surface area contributed by atoms with E-state index >= 15 is 0 Å². The standard InChI is InChI=1S/C11H14F2N2O/c1-11(2,14)6-10(16)15-9-4-3-7(12)5-8(9)13/h3-5H,6,14H2,1-2H3,(H,15,16). The van der Waals surface area contributed by atoms with Crippen LogP contribution in [0.25, 0.3) is 0 Å². The van der Waals surface area contributed by atoms with E-state index in [1.807, 2.05) is 0 Å². The van der Waals surface area contributed by atoms with Crippen LogP contribution >= 0.6 is 0 Å². The van der Waals surface area contributed by atoms with Gasteiger partial charge in [-0.3, -0.25) is 4.79 Å². The predicted octanol–water partition coefficient (Wildman–Crippen LogP) is 2.03. The summed E-state index contributed by atoms with van der Waals surface area (Å²) < 4.78 is 25.7. The van der Waals surface area contributed by atoms with Crippen molar-refractivity contribution in [3.05, 3.63) is 29.8 Å². The van der Waals surface area contributed by atoms with Crippen molar-refractivity contribution in [3.63, 3.8) is 0 Å². The zero-order valence-electron chi connectivity index (χ0n) is 9.18. The molecule has 1 amide bonds. The largest absolute Gasteiger partial charge is 0.325 e. The maximum Gasteiger partial charge on any atom is 0.226 e. The Morgan fingerprint density at radius 1 is 1.44 bits per heavy atom. The van der Waals surface area contributed by atoms with Crippen LogP contribution < -0.4 is 11.1 Å². The normalized spacial score (nSPS) is 11.3. The fraction of sp³-hybridized carbons (Fsp3) is 0.364. The third-order valence-electron chi connectivity index (χ3n) is 1.82. The number of carbonyl (C=O) groups excluding carboxylic acids is 1. The molecule has 88 valence electrons. The molecule has 0 aliphatic rings. The number of anilines is 1. The zero-order chi connectivity index (χ0) is 12.3. The number of amides is 1. The molecule has 0 radical (unpaired) electrons. The van der Waals surface area contributed by atoms with Crippen molar-refractivity contribution in [3.8, 4) is 0 Å². The topological polar surface area (TPSA) is 55.1 Å². The van der Waals surface area contributed by atoms with E-state index in [-0.39, 0.29) is 12.1 Å². The third-order valence-corrected chi connectivity index (χ3v) is 1.82. The molecular formula is C11H14F2N2O. The quantitative estimate of drug-likeness (QED) is 0.831. The average Bonchev–Trinajstić information content (AvgIpc) is 2.06. The molecule has 3 N–H and O–H groups in total. The Labute approximate surface area is 92.6 Å². The maximum absolute atomic E-state index is 13.2. The molecule has 1 rings (SSSR count). The fourth-order valence-corrected chi connectivity index (χ4v) is 1.20. The van der Waals surface area contributed by atoms with Gasteiger partial charge < -0.3 is 11.1 Å². The van der Waals surface area contributed by atoms with Crippen molar-refractivity contribution in [1.29, 1.82) is 0 Å². The van der Waals surface area contributed by atoms with Gasteiger partial charge in [0.25, 0.3) is 0 Å².